The predicted octanol–water partition coefficient (Wildman–Crippen LogP) is 8.04. The van der Waals surface area contributed by atoms with E-state index in [1.807, 2.05) is 40.2 Å². The Morgan fingerprint density at radius 1 is 1.23 bits per heavy atom. The first-order chi connectivity index (χ1) is 21.1. The van der Waals surface area contributed by atoms with Crippen molar-refractivity contribution in [3.05, 3.63) is 64.7 Å². The van der Waals surface area contributed by atoms with Gasteiger partial charge in [-0.1, -0.05) is 37.1 Å². The highest BCUT2D eigenvalue weighted by atomic mass is 32.8. The maximum absolute atomic E-state index is 13.2. The molecule has 1 aromatic rings. The van der Waals surface area contributed by atoms with Crippen LogP contribution >= 0.6 is 0 Å². The Labute approximate surface area is 274 Å². The number of halogens is 1. The minimum Gasteiger partial charge on any atom is -0.471 e. The van der Waals surface area contributed by atoms with Crippen molar-refractivity contribution >= 4 is 47.0 Å². The molecule has 2 atom stereocenters. The Bertz CT molecular complexity index is 1210. The summed E-state index contributed by atoms with van der Waals surface area (Å²) in [4.78, 5) is 13.5. The van der Waals surface area contributed by atoms with Crippen molar-refractivity contribution in [1.82, 2.24) is 0 Å². The number of aliphatic imine (C=N–C) groups is 1. The number of ether oxygens (including phenoxy) is 1. The third-order valence-electron chi connectivity index (χ3n) is 7.80. The molecule has 1 N–H and O–H groups in total. The van der Waals surface area contributed by atoms with Gasteiger partial charge < -0.3 is 9.84 Å². The van der Waals surface area contributed by atoms with Crippen LogP contribution in [0.5, 0.6) is 0 Å². The summed E-state index contributed by atoms with van der Waals surface area (Å²) in [7, 11) is 3.18. The zero-order chi connectivity index (χ0) is 33.8. The summed E-state index contributed by atoms with van der Waals surface area (Å²) in [6.45, 7) is 12.2. The first-order valence-electron chi connectivity index (χ1n) is 14.9. The van der Waals surface area contributed by atoms with E-state index in [-0.39, 0.29) is 11.2 Å². The second-order valence-corrected chi connectivity index (χ2v) is 10.6. The van der Waals surface area contributed by atoms with E-state index < -0.39 is 5.60 Å². The summed E-state index contributed by atoms with van der Waals surface area (Å²) in [5.41, 5.74) is 4.76. The fourth-order valence-corrected chi connectivity index (χ4v) is 5.79. The van der Waals surface area contributed by atoms with E-state index in [9.17, 15) is 9.50 Å². The van der Waals surface area contributed by atoms with Crippen molar-refractivity contribution in [3.63, 3.8) is 0 Å². The normalized spacial score (nSPS) is 21.1. The maximum Gasteiger partial charge on any atom is 0.292 e. The zero-order valence-corrected chi connectivity index (χ0v) is 29.2. The second kappa shape index (κ2) is 21.6. The number of allylic oxidation sites excluding steroid dienone is 5. The third kappa shape index (κ3) is 11.5. The molecule has 3 aliphatic carbocycles. The molecule has 1 unspecified atom stereocenters. The quantitative estimate of drug-likeness (QED) is 0.127. The second-order valence-electron chi connectivity index (χ2n) is 10.6. The number of hydrogen-bond acceptors (Lipinski definition) is 8. The number of anilines is 1. The van der Waals surface area contributed by atoms with E-state index in [2.05, 4.69) is 75.6 Å². The average Bonchev–Trinajstić information content (AvgIpc) is 3.85. The molecular weight excluding hydrogens is 594 g/mol. The lowest BCUT2D eigenvalue weighted by Gasteiger charge is -2.46. The Morgan fingerprint density at radius 3 is 2.27 bits per heavy atom. The number of nitrogens with zero attached hydrogens (tertiary/aromatic N) is 3. The van der Waals surface area contributed by atoms with Crippen LogP contribution in [0.2, 0.25) is 0 Å². The molecule has 2 fully saturated rings. The van der Waals surface area contributed by atoms with Gasteiger partial charge >= 0.3 is 0 Å². The molecule has 0 aromatic heterocycles. The largest absolute Gasteiger partial charge is 0.471 e. The van der Waals surface area contributed by atoms with Crippen molar-refractivity contribution < 1.29 is 19.0 Å². The Balaban J connectivity index is 0.00000148. The lowest BCUT2D eigenvalue weighted by Crippen LogP contribution is -2.47. The summed E-state index contributed by atoms with van der Waals surface area (Å²) < 4.78 is 17.1. The molecule has 2 saturated carbocycles. The lowest BCUT2D eigenvalue weighted by molar-refractivity contribution is -0.126. The number of benzene rings is 1. The molecule has 0 radical (unpaired) electrons. The molecule has 9 heteroatoms. The molecule has 44 heavy (non-hydrogen) atoms. The molecule has 0 spiro atoms. The molecule has 4 rings (SSSR count). The Hall–Kier alpha value is -3.06. The van der Waals surface area contributed by atoms with Crippen molar-refractivity contribution in [1.29, 1.82) is 0 Å². The van der Waals surface area contributed by atoms with Gasteiger partial charge in [-0.05, 0) is 108 Å². The molecule has 6 nitrogen and oxygen atoms in total. The standard InChI is InChI=1S/C28H36FN3O.C3H4.C2H4O2.C2H6.S2/c1-5-30-26(20(2)3)15-17-27(33)16-14-23-7-6-21(18-28(23,27)22-8-9-22)19-31-32(4)25-12-10-24(29)11-13-25;1-3-2;1-4-2-3;2*1-2/h5-7,10-13,19,22,33H,8-9,14-18H2,1-4H3;1H,2H3;2H,1H3;1-2H3;/b30-5?,31-19-;;;;/t27-,28?;;;;/m1..../s1. The fraction of sp³-hybridized carbons (Fsp3) is 0.514. The third-order valence-corrected chi connectivity index (χ3v) is 7.80. The number of rotatable bonds is 9. The topological polar surface area (TPSA) is 74.5 Å². The van der Waals surface area contributed by atoms with Crippen LogP contribution in [-0.2, 0) is 31.9 Å². The van der Waals surface area contributed by atoms with E-state index >= 15 is 0 Å². The van der Waals surface area contributed by atoms with E-state index in [1.54, 1.807) is 24.1 Å². The zero-order valence-electron chi connectivity index (χ0n) is 27.6. The molecule has 0 bridgehead atoms. The summed E-state index contributed by atoms with van der Waals surface area (Å²) in [5.74, 6) is 2.53. The highest BCUT2D eigenvalue weighted by Crippen LogP contribution is 2.66. The average molecular weight is 644 g/mol. The van der Waals surface area contributed by atoms with Crippen molar-refractivity contribution in [2.75, 3.05) is 19.2 Å². The van der Waals surface area contributed by atoms with Crippen LogP contribution in [0.25, 0.3) is 0 Å². The minimum absolute atomic E-state index is 0.194. The smallest absolute Gasteiger partial charge is 0.292 e. The number of aliphatic hydroxyl groups is 1. The Kier molecular flexibility index (Phi) is 20.1. The van der Waals surface area contributed by atoms with Crippen LogP contribution in [0, 0.1) is 29.5 Å². The molecular formula is C35H50FN3O3S2. The molecule has 3 aliphatic rings. The highest BCUT2D eigenvalue weighted by molar-refractivity contribution is 8.07. The molecule has 242 valence electrons. The number of hydrogen-bond donors (Lipinski definition) is 1. The van der Waals surface area contributed by atoms with Crippen LogP contribution in [0.15, 0.2) is 68.9 Å². The molecule has 1 aromatic carbocycles. The maximum atomic E-state index is 13.2. The van der Waals surface area contributed by atoms with E-state index in [0.717, 1.165) is 49.1 Å². The fourth-order valence-electron chi connectivity index (χ4n) is 5.79. The van der Waals surface area contributed by atoms with Crippen LogP contribution in [0.3, 0.4) is 0 Å². The van der Waals surface area contributed by atoms with E-state index in [0.29, 0.717) is 12.4 Å². The van der Waals surface area contributed by atoms with Gasteiger partial charge in [-0.2, -0.15) is 5.10 Å². The summed E-state index contributed by atoms with van der Waals surface area (Å²) >= 11 is 7.33. The molecule has 0 saturated heterocycles. The monoisotopic (exact) mass is 643 g/mol. The van der Waals surface area contributed by atoms with Crippen LogP contribution < -0.4 is 5.01 Å². The summed E-state index contributed by atoms with van der Waals surface area (Å²) in [5, 5.41) is 18.5. The Morgan fingerprint density at radius 2 is 1.80 bits per heavy atom. The number of carbonyl (C=O) groups excluding carboxylic acids is 1. The summed E-state index contributed by atoms with van der Waals surface area (Å²) in [6, 6.07) is 6.34. The number of methoxy groups -OCH3 is 1. The van der Waals surface area contributed by atoms with E-state index in [1.165, 1.54) is 43.2 Å². The summed E-state index contributed by atoms with van der Waals surface area (Å²) in [6.07, 6.45) is 19.2. The first-order valence-corrected chi connectivity index (χ1v) is 16.3. The van der Waals surface area contributed by atoms with Gasteiger partial charge in [0.05, 0.1) is 24.6 Å². The molecule has 0 amide bonds. The lowest BCUT2D eigenvalue weighted by atomic mass is 9.61. The van der Waals surface area contributed by atoms with Crippen LogP contribution in [0.4, 0.5) is 10.1 Å². The minimum atomic E-state index is -0.722. The van der Waals surface area contributed by atoms with Crippen LogP contribution in [0.1, 0.15) is 86.5 Å². The van der Waals surface area contributed by atoms with Crippen LogP contribution in [-0.4, -0.2) is 43.8 Å². The van der Waals surface area contributed by atoms with E-state index in [4.69, 9.17) is 4.79 Å². The van der Waals surface area contributed by atoms with Crippen molar-refractivity contribution in [2.45, 2.75) is 92.1 Å². The van der Waals surface area contributed by atoms with Gasteiger partial charge in [0, 0.05) is 46.8 Å². The van der Waals surface area contributed by atoms with Crippen molar-refractivity contribution in [3.8, 4) is 12.3 Å². The highest BCUT2D eigenvalue weighted by Gasteiger charge is 2.63. The predicted molar refractivity (Wildman–Crippen MR) is 189 cm³/mol. The number of carbonyl (C=O) groups is 1. The number of terminal acetylenes is 1. The number of fused-ring (bicyclic) bond motifs is 1. The van der Waals surface area contributed by atoms with Gasteiger partial charge in [-0.25, -0.2) is 4.39 Å². The first kappa shape index (κ1) is 40.9. The molecule has 0 heterocycles. The SMILES string of the molecule is C#CC.CC.CC=NC(CC[C@]1(O)CCC2=CC=C(/C=N\N(C)c3ccc(F)cc3)CC21C1CC1)=C(C)C.COC=O.S=S. The van der Waals surface area contributed by atoms with Gasteiger partial charge in [0.25, 0.3) is 6.47 Å². The van der Waals surface area contributed by atoms with Crippen molar-refractivity contribution in [2.24, 2.45) is 21.4 Å². The van der Waals surface area contributed by atoms with Gasteiger partial charge in [0.15, 0.2) is 0 Å². The van der Waals surface area contributed by atoms with Gasteiger partial charge in [-0.15, -0.1) is 12.3 Å². The molecule has 0 aliphatic heterocycles. The van der Waals surface area contributed by atoms with Gasteiger partial charge in [0.1, 0.15) is 5.82 Å². The van der Waals surface area contributed by atoms with Gasteiger partial charge in [-0.3, -0.25) is 14.8 Å². The number of hydrazone groups is 1. The van der Waals surface area contributed by atoms with Gasteiger partial charge in [0.2, 0.25) is 0 Å².